The normalized spacial score (nSPS) is 20.2. The van der Waals surface area contributed by atoms with Crippen molar-refractivity contribution in [3.8, 4) is 11.3 Å². The largest absolute Gasteiger partial charge is 0.481 e. The zero-order chi connectivity index (χ0) is 26.1. The van der Waals surface area contributed by atoms with Crippen LogP contribution in [0.4, 0.5) is 5.13 Å². The van der Waals surface area contributed by atoms with E-state index >= 15 is 0 Å². The van der Waals surface area contributed by atoms with Crippen molar-refractivity contribution in [2.45, 2.75) is 58.5 Å². The van der Waals surface area contributed by atoms with E-state index in [2.05, 4.69) is 23.2 Å². The molecule has 0 aliphatic heterocycles. The number of anilines is 1. The van der Waals surface area contributed by atoms with Crippen LogP contribution in [0.25, 0.3) is 11.3 Å². The minimum atomic E-state index is -0.928. The van der Waals surface area contributed by atoms with E-state index in [0.717, 1.165) is 45.0 Å². The highest BCUT2D eigenvalue weighted by molar-refractivity contribution is 7.16. The lowest BCUT2D eigenvalue weighted by Gasteiger charge is -2.34. The molecule has 37 heavy (non-hydrogen) atoms. The van der Waals surface area contributed by atoms with E-state index in [9.17, 15) is 9.59 Å². The number of aromatic nitrogens is 1. The number of halogens is 1. The number of carbonyl (C=O) groups is 2. The number of hydrogen-bond donors (Lipinski definition) is 2. The van der Waals surface area contributed by atoms with Gasteiger partial charge in [-0.05, 0) is 74.3 Å². The van der Waals surface area contributed by atoms with Crippen LogP contribution in [0, 0.1) is 25.7 Å². The molecule has 2 aromatic carbocycles. The lowest BCUT2D eigenvalue weighted by atomic mass is 9.94. The van der Waals surface area contributed by atoms with Gasteiger partial charge in [0, 0.05) is 40.2 Å². The summed E-state index contributed by atoms with van der Waals surface area (Å²) in [6, 6.07) is 14.2. The summed E-state index contributed by atoms with van der Waals surface area (Å²) in [5.41, 5.74) is 4.74. The molecule has 5 rings (SSSR count). The topological polar surface area (TPSA) is 82.5 Å². The highest BCUT2D eigenvalue weighted by Crippen LogP contribution is 2.49. The fraction of sp³-hybridized carbons (Fsp3) is 0.414. The number of carbonyl (C=O) groups excluding carboxylic acids is 1. The van der Waals surface area contributed by atoms with E-state index in [0.29, 0.717) is 17.5 Å². The van der Waals surface area contributed by atoms with E-state index < -0.39 is 5.97 Å². The monoisotopic (exact) mass is 537 g/mol. The van der Waals surface area contributed by atoms with Crippen LogP contribution in [0.3, 0.4) is 0 Å². The molecule has 1 unspecified atom stereocenters. The molecule has 2 fully saturated rings. The predicted molar refractivity (Wildman–Crippen MR) is 148 cm³/mol. The maximum Gasteiger partial charge on any atom is 0.305 e. The quantitative estimate of drug-likeness (QED) is 0.326. The van der Waals surface area contributed by atoms with E-state index in [-0.39, 0.29) is 18.9 Å². The molecule has 3 aromatic rings. The van der Waals surface area contributed by atoms with Gasteiger partial charge in [0.25, 0.3) is 5.91 Å². The number of carboxylic acid groups (broad SMARTS) is 1. The minimum absolute atomic E-state index is 0.0909. The number of aliphatic carboxylic acids is 1. The third-order valence-electron chi connectivity index (χ3n) is 7.77. The summed E-state index contributed by atoms with van der Waals surface area (Å²) < 4.78 is 0. The van der Waals surface area contributed by atoms with E-state index in [1.807, 2.05) is 43.3 Å². The second-order valence-corrected chi connectivity index (χ2v) is 11.9. The number of amides is 1. The zero-order valence-corrected chi connectivity index (χ0v) is 22.7. The van der Waals surface area contributed by atoms with Crippen LogP contribution in [-0.2, 0) is 11.3 Å². The standard InChI is InChI=1S/C29H32ClN3O3S/c1-17-3-7-23(15-24(17)30)27-18(2)37-29(32-27)33(25-14-20-6-10-22(25)13-20)16-19-4-8-21(9-5-19)28(36)31-12-11-26(34)35/h3-5,7-9,15,20,22,25H,6,10-14,16H2,1-2H3,(H,31,36)(H,34,35)/t20-,22+,25?/m0/s1. The number of thiazole rings is 1. The Hall–Kier alpha value is -2.90. The minimum Gasteiger partial charge on any atom is -0.481 e. The molecule has 1 aromatic heterocycles. The van der Waals surface area contributed by atoms with Crippen molar-refractivity contribution in [1.82, 2.24) is 10.3 Å². The molecular weight excluding hydrogens is 506 g/mol. The molecule has 1 amide bonds. The van der Waals surface area contributed by atoms with Crippen molar-refractivity contribution in [2.75, 3.05) is 11.4 Å². The Morgan fingerprint density at radius 1 is 1.14 bits per heavy atom. The molecule has 6 nitrogen and oxygen atoms in total. The van der Waals surface area contributed by atoms with Gasteiger partial charge in [-0.2, -0.15) is 0 Å². The maximum absolute atomic E-state index is 12.4. The number of nitrogens with zero attached hydrogens (tertiary/aromatic N) is 2. The number of carboxylic acids is 1. The van der Waals surface area contributed by atoms with Crippen LogP contribution in [0.2, 0.25) is 5.02 Å². The van der Waals surface area contributed by atoms with Crippen molar-refractivity contribution in [2.24, 2.45) is 11.8 Å². The van der Waals surface area contributed by atoms with Crippen LogP contribution in [0.15, 0.2) is 42.5 Å². The van der Waals surface area contributed by atoms with Gasteiger partial charge in [-0.3, -0.25) is 9.59 Å². The van der Waals surface area contributed by atoms with E-state index in [1.54, 1.807) is 11.3 Å². The lowest BCUT2D eigenvalue weighted by Crippen LogP contribution is -2.38. The van der Waals surface area contributed by atoms with E-state index in [1.165, 1.54) is 30.6 Å². The molecule has 0 radical (unpaired) electrons. The molecule has 2 saturated carbocycles. The van der Waals surface area contributed by atoms with Gasteiger partial charge in [0.15, 0.2) is 5.13 Å². The van der Waals surface area contributed by atoms with Crippen molar-refractivity contribution in [3.63, 3.8) is 0 Å². The molecule has 2 aliphatic rings. The van der Waals surface area contributed by atoms with Crippen molar-refractivity contribution < 1.29 is 14.7 Å². The van der Waals surface area contributed by atoms with Crippen LogP contribution < -0.4 is 10.2 Å². The third-order valence-corrected chi connectivity index (χ3v) is 9.19. The Morgan fingerprint density at radius 3 is 2.57 bits per heavy atom. The lowest BCUT2D eigenvalue weighted by molar-refractivity contribution is -0.136. The molecule has 3 atom stereocenters. The first-order chi connectivity index (χ1) is 17.8. The summed E-state index contributed by atoms with van der Waals surface area (Å²) in [4.78, 5) is 31.9. The average molecular weight is 538 g/mol. The second-order valence-electron chi connectivity index (χ2n) is 10.3. The average Bonchev–Trinajstić information content (AvgIpc) is 3.60. The van der Waals surface area contributed by atoms with Crippen LogP contribution in [0.5, 0.6) is 0 Å². The summed E-state index contributed by atoms with van der Waals surface area (Å²) in [5.74, 6) is 0.327. The smallest absolute Gasteiger partial charge is 0.305 e. The highest BCUT2D eigenvalue weighted by atomic mass is 35.5. The van der Waals surface area contributed by atoms with Gasteiger partial charge in [-0.1, -0.05) is 42.3 Å². The Balaban J connectivity index is 1.38. The number of nitrogens with one attached hydrogen (secondary N) is 1. The molecule has 2 aliphatic carbocycles. The highest BCUT2D eigenvalue weighted by Gasteiger charge is 2.43. The first-order valence-corrected chi connectivity index (χ1v) is 14.1. The summed E-state index contributed by atoms with van der Waals surface area (Å²) in [5, 5.41) is 13.2. The SMILES string of the molecule is Cc1ccc(-c2nc(N(Cc3ccc(C(=O)NCCC(=O)O)cc3)C3C[C@H]4CC[C@@H]3C4)sc2C)cc1Cl. The van der Waals surface area contributed by atoms with Gasteiger partial charge >= 0.3 is 5.97 Å². The number of rotatable bonds is 9. The molecule has 0 saturated heterocycles. The molecule has 2 bridgehead atoms. The predicted octanol–water partition coefficient (Wildman–Crippen LogP) is 6.48. The zero-order valence-electron chi connectivity index (χ0n) is 21.2. The summed E-state index contributed by atoms with van der Waals surface area (Å²) in [6.45, 7) is 4.98. The number of benzene rings is 2. The van der Waals surface area contributed by atoms with Crippen LogP contribution in [0.1, 0.15) is 58.5 Å². The van der Waals surface area contributed by atoms with Crippen LogP contribution in [-0.4, -0.2) is 34.6 Å². The summed E-state index contributed by atoms with van der Waals surface area (Å²) in [6.07, 6.45) is 5.05. The second kappa shape index (κ2) is 10.8. The first kappa shape index (κ1) is 25.7. The van der Waals surface area contributed by atoms with Crippen molar-refractivity contribution in [3.05, 3.63) is 69.1 Å². The molecule has 1 heterocycles. The fourth-order valence-electron chi connectivity index (χ4n) is 5.78. The van der Waals surface area contributed by atoms with Gasteiger partial charge in [-0.15, -0.1) is 11.3 Å². The fourth-order valence-corrected chi connectivity index (χ4v) is 6.94. The van der Waals surface area contributed by atoms with Gasteiger partial charge in [0.05, 0.1) is 12.1 Å². The Bertz CT molecular complexity index is 1310. The number of hydrogen-bond acceptors (Lipinski definition) is 5. The van der Waals surface area contributed by atoms with Crippen molar-refractivity contribution in [1.29, 1.82) is 0 Å². The van der Waals surface area contributed by atoms with Crippen molar-refractivity contribution >= 4 is 39.9 Å². The van der Waals surface area contributed by atoms with Gasteiger partial charge < -0.3 is 15.3 Å². The van der Waals surface area contributed by atoms with Crippen LogP contribution >= 0.6 is 22.9 Å². The Morgan fingerprint density at radius 2 is 1.92 bits per heavy atom. The molecule has 8 heteroatoms. The van der Waals surface area contributed by atoms with Gasteiger partial charge in [-0.25, -0.2) is 4.98 Å². The Labute approximate surface area is 226 Å². The number of fused-ring (bicyclic) bond motifs is 2. The molecular formula is C29H32ClN3O3S. The third kappa shape index (κ3) is 5.68. The van der Waals surface area contributed by atoms with Gasteiger partial charge in [0.2, 0.25) is 0 Å². The Kier molecular flexibility index (Phi) is 7.54. The summed E-state index contributed by atoms with van der Waals surface area (Å²) in [7, 11) is 0. The molecule has 2 N–H and O–H groups in total. The maximum atomic E-state index is 12.4. The summed E-state index contributed by atoms with van der Waals surface area (Å²) >= 11 is 8.17. The van der Waals surface area contributed by atoms with Gasteiger partial charge in [0.1, 0.15) is 0 Å². The molecule has 194 valence electrons. The van der Waals surface area contributed by atoms with E-state index in [4.69, 9.17) is 21.7 Å². The number of aryl methyl sites for hydroxylation is 2. The first-order valence-electron chi connectivity index (χ1n) is 12.9. The molecule has 0 spiro atoms.